The molecule has 0 bridgehead atoms. The van der Waals surface area contributed by atoms with Gasteiger partial charge in [-0.25, -0.2) is 0 Å². The fraction of sp³-hybridized carbons (Fsp3) is 0.370. The summed E-state index contributed by atoms with van der Waals surface area (Å²) in [6.45, 7) is 3.65. The van der Waals surface area contributed by atoms with E-state index in [0.29, 0.717) is 18.2 Å². The van der Waals surface area contributed by atoms with Gasteiger partial charge in [0.1, 0.15) is 18.1 Å². The van der Waals surface area contributed by atoms with Crippen LogP contribution in [0.5, 0.6) is 11.5 Å². The van der Waals surface area contributed by atoms with Crippen LogP contribution in [0.4, 0.5) is 0 Å². The second-order valence-corrected chi connectivity index (χ2v) is 9.01. The van der Waals surface area contributed by atoms with Crippen molar-refractivity contribution in [3.63, 3.8) is 0 Å². The van der Waals surface area contributed by atoms with E-state index in [0.717, 1.165) is 59.2 Å². The maximum atomic E-state index is 13.4. The molecule has 2 aliphatic rings. The first kappa shape index (κ1) is 20.8. The van der Waals surface area contributed by atoms with Gasteiger partial charge in [-0.3, -0.25) is 4.79 Å². The molecule has 5 rings (SSSR count). The third-order valence-electron chi connectivity index (χ3n) is 6.76. The number of methoxy groups -OCH3 is 1. The van der Waals surface area contributed by atoms with E-state index in [1.165, 1.54) is 6.42 Å². The molecule has 0 aromatic heterocycles. The number of carbonyl (C=O) groups is 1. The summed E-state index contributed by atoms with van der Waals surface area (Å²) >= 11 is 0. The van der Waals surface area contributed by atoms with E-state index >= 15 is 0 Å². The number of nitrogens with one attached hydrogen (secondary N) is 2. The van der Waals surface area contributed by atoms with Gasteiger partial charge in [-0.15, -0.1) is 0 Å². The number of fused-ring (bicyclic) bond motifs is 1. The smallest absolute Gasteiger partial charge is 0.252 e. The minimum absolute atomic E-state index is 0.0589. The summed E-state index contributed by atoms with van der Waals surface area (Å²) in [6, 6.07) is 18.6. The Bertz CT molecular complexity index is 1150. The minimum Gasteiger partial charge on any atom is -0.497 e. The minimum atomic E-state index is -0.359. The molecule has 1 aliphatic carbocycles. The van der Waals surface area contributed by atoms with E-state index in [9.17, 15) is 4.79 Å². The average Bonchev–Trinajstić information content (AvgIpc) is 3.39. The molecule has 1 saturated heterocycles. The van der Waals surface area contributed by atoms with Crippen LogP contribution in [0, 0.1) is 6.92 Å². The number of hydrogen-bond donors (Lipinski definition) is 2. The topological polar surface area (TPSA) is 59.6 Å². The summed E-state index contributed by atoms with van der Waals surface area (Å²) in [5.74, 6) is 1.49. The Balaban J connectivity index is 1.39. The van der Waals surface area contributed by atoms with Gasteiger partial charge in [0.2, 0.25) is 0 Å². The van der Waals surface area contributed by atoms with Crippen molar-refractivity contribution in [3.8, 4) is 11.5 Å². The molecule has 1 saturated carbocycles. The molecule has 5 nitrogen and oxygen atoms in total. The molecule has 2 N–H and O–H groups in total. The van der Waals surface area contributed by atoms with Crippen molar-refractivity contribution >= 4 is 16.7 Å². The largest absolute Gasteiger partial charge is 0.497 e. The predicted molar refractivity (Wildman–Crippen MR) is 127 cm³/mol. The SMILES string of the molecule is COc1cc(C2(NC(=O)c3cc(OC[C@@H]4CCCN4)ccc3C)CC2)c2ccccc2c1. The maximum absolute atomic E-state index is 13.4. The van der Waals surface area contributed by atoms with Crippen LogP contribution in [-0.2, 0) is 5.54 Å². The van der Waals surface area contributed by atoms with Gasteiger partial charge in [-0.2, -0.15) is 0 Å². The second-order valence-electron chi connectivity index (χ2n) is 9.01. The first-order chi connectivity index (χ1) is 15.6. The van der Waals surface area contributed by atoms with E-state index < -0.39 is 0 Å². The molecule has 5 heteroatoms. The van der Waals surface area contributed by atoms with Crippen molar-refractivity contribution in [2.75, 3.05) is 20.3 Å². The summed E-state index contributed by atoms with van der Waals surface area (Å²) in [4.78, 5) is 13.4. The summed E-state index contributed by atoms with van der Waals surface area (Å²) in [7, 11) is 1.68. The van der Waals surface area contributed by atoms with Gasteiger partial charge in [-0.1, -0.05) is 30.3 Å². The van der Waals surface area contributed by atoms with Crippen LogP contribution in [0.15, 0.2) is 54.6 Å². The molecule has 32 heavy (non-hydrogen) atoms. The monoisotopic (exact) mass is 430 g/mol. The van der Waals surface area contributed by atoms with E-state index in [2.05, 4.69) is 28.8 Å². The Labute approximate surface area is 189 Å². The van der Waals surface area contributed by atoms with Crippen LogP contribution in [-0.4, -0.2) is 32.2 Å². The third kappa shape index (κ3) is 4.05. The van der Waals surface area contributed by atoms with Crippen molar-refractivity contribution in [3.05, 3.63) is 71.3 Å². The third-order valence-corrected chi connectivity index (χ3v) is 6.76. The highest BCUT2D eigenvalue weighted by atomic mass is 16.5. The maximum Gasteiger partial charge on any atom is 0.252 e. The van der Waals surface area contributed by atoms with Gasteiger partial charge in [-0.05, 0) is 85.3 Å². The fourth-order valence-corrected chi connectivity index (χ4v) is 4.70. The van der Waals surface area contributed by atoms with Gasteiger partial charge < -0.3 is 20.1 Å². The Kier molecular flexibility index (Phi) is 5.51. The van der Waals surface area contributed by atoms with Crippen molar-refractivity contribution < 1.29 is 14.3 Å². The normalized spacial score (nSPS) is 19.0. The van der Waals surface area contributed by atoms with Crippen LogP contribution in [0.25, 0.3) is 10.8 Å². The van der Waals surface area contributed by atoms with E-state index in [1.54, 1.807) is 7.11 Å². The number of carbonyl (C=O) groups excluding carboxylic acids is 1. The first-order valence-electron chi connectivity index (χ1n) is 11.4. The van der Waals surface area contributed by atoms with E-state index in [-0.39, 0.29) is 11.4 Å². The highest BCUT2D eigenvalue weighted by molar-refractivity contribution is 5.98. The lowest BCUT2D eigenvalue weighted by molar-refractivity contribution is 0.0930. The Morgan fingerprint density at radius 1 is 1.12 bits per heavy atom. The highest BCUT2D eigenvalue weighted by Crippen LogP contribution is 2.49. The molecule has 1 aliphatic heterocycles. The summed E-state index contributed by atoms with van der Waals surface area (Å²) < 4.78 is 11.5. The quantitative estimate of drug-likeness (QED) is 0.570. The van der Waals surface area contributed by atoms with Crippen LogP contribution >= 0.6 is 0 Å². The first-order valence-corrected chi connectivity index (χ1v) is 11.4. The summed E-state index contributed by atoms with van der Waals surface area (Å²) in [5.41, 5.74) is 2.38. The summed E-state index contributed by atoms with van der Waals surface area (Å²) in [5, 5.41) is 9.07. The van der Waals surface area contributed by atoms with Crippen molar-refractivity contribution in [1.82, 2.24) is 10.6 Å². The van der Waals surface area contributed by atoms with Gasteiger partial charge >= 0.3 is 0 Å². The van der Waals surface area contributed by atoms with E-state index in [1.807, 2.05) is 43.3 Å². The number of ether oxygens (including phenoxy) is 2. The fourth-order valence-electron chi connectivity index (χ4n) is 4.70. The molecule has 1 heterocycles. The summed E-state index contributed by atoms with van der Waals surface area (Å²) in [6.07, 6.45) is 4.16. The van der Waals surface area contributed by atoms with Gasteiger partial charge in [0.05, 0.1) is 12.6 Å². The zero-order valence-electron chi connectivity index (χ0n) is 18.7. The second kappa shape index (κ2) is 8.47. The number of benzene rings is 3. The van der Waals surface area contributed by atoms with Crippen LogP contribution in [0.1, 0.15) is 47.2 Å². The van der Waals surface area contributed by atoms with Gasteiger partial charge in [0.25, 0.3) is 5.91 Å². The Morgan fingerprint density at radius 2 is 1.97 bits per heavy atom. The lowest BCUT2D eigenvalue weighted by Crippen LogP contribution is -2.35. The van der Waals surface area contributed by atoms with Crippen LogP contribution < -0.4 is 20.1 Å². The average molecular weight is 431 g/mol. The number of aryl methyl sites for hydroxylation is 1. The molecule has 3 aromatic rings. The molecule has 0 unspecified atom stereocenters. The Hall–Kier alpha value is -3.05. The van der Waals surface area contributed by atoms with Crippen LogP contribution in [0.3, 0.4) is 0 Å². The molecule has 3 aromatic carbocycles. The standard InChI is InChI=1S/C27H30N2O3/c1-18-9-10-21(32-17-20-7-5-13-28-20)15-24(18)26(30)29-27(11-12-27)25-16-22(31-2)14-19-6-3-4-8-23(19)25/h3-4,6,8-10,14-16,20,28H,5,7,11-13,17H2,1-2H3,(H,29,30)/t20-/m0/s1. The van der Waals surface area contributed by atoms with Crippen molar-refractivity contribution in [1.29, 1.82) is 0 Å². The zero-order chi connectivity index (χ0) is 22.1. The van der Waals surface area contributed by atoms with Gasteiger partial charge in [0.15, 0.2) is 0 Å². The molecular formula is C27H30N2O3. The molecule has 0 radical (unpaired) electrons. The molecule has 1 amide bonds. The molecule has 1 atom stereocenters. The lowest BCUT2D eigenvalue weighted by Gasteiger charge is -2.22. The number of hydrogen-bond acceptors (Lipinski definition) is 4. The molecule has 166 valence electrons. The van der Waals surface area contributed by atoms with Crippen molar-refractivity contribution in [2.24, 2.45) is 0 Å². The molecule has 2 fully saturated rings. The number of rotatable bonds is 7. The number of amides is 1. The van der Waals surface area contributed by atoms with Crippen LogP contribution in [0.2, 0.25) is 0 Å². The predicted octanol–water partition coefficient (Wildman–Crippen LogP) is 4.71. The van der Waals surface area contributed by atoms with Crippen molar-refractivity contribution in [2.45, 2.75) is 44.2 Å². The Morgan fingerprint density at radius 3 is 2.72 bits per heavy atom. The van der Waals surface area contributed by atoms with Gasteiger partial charge in [0, 0.05) is 11.6 Å². The highest BCUT2D eigenvalue weighted by Gasteiger charge is 2.47. The lowest BCUT2D eigenvalue weighted by atomic mass is 9.95. The van der Waals surface area contributed by atoms with E-state index in [4.69, 9.17) is 9.47 Å². The zero-order valence-corrected chi connectivity index (χ0v) is 18.7. The molecule has 0 spiro atoms. The molecular weight excluding hydrogens is 400 g/mol.